The lowest BCUT2D eigenvalue weighted by Gasteiger charge is -2.18. The molecule has 1 aromatic carbocycles. The molecule has 0 saturated heterocycles. The minimum absolute atomic E-state index is 0.154. The number of rotatable bonds is 8. The lowest BCUT2D eigenvalue weighted by Crippen LogP contribution is -2.31. The van der Waals surface area contributed by atoms with Crippen LogP contribution in [0.3, 0.4) is 0 Å². The number of hydrogen-bond acceptors (Lipinski definition) is 4. The van der Waals surface area contributed by atoms with Crippen LogP contribution in [0.1, 0.15) is 20.3 Å². The Bertz CT molecular complexity index is 516. The van der Waals surface area contributed by atoms with Crippen LogP contribution in [0.25, 0.3) is 0 Å². The van der Waals surface area contributed by atoms with Crippen molar-refractivity contribution in [2.75, 3.05) is 30.8 Å². The van der Waals surface area contributed by atoms with E-state index < -0.39 is 10.0 Å². The maximum absolute atomic E-state index is 12.1. The quantitative estimate of drug-likeness (QED) is 0.591. The molecule has 2 N–H and O–H groups in total. The van der Waals surface area contributed by atoms with E-state index in [4.69, 9.17) is 5.73 Å². The number of hydrogen-bond donors (Lipinski definition) is 1. The van der Waals surface area contributed by atoms with Crippen molar-refractivity contribution in [3.05, 3.63) is 24.3 Å². The predicted molar refractivity (Wildman–Crippen MR) is 87.5 cm³/mol. The summed E-state index contributed by atoms with van der Waals surface area (Å²) in [7, 11) is -1.50. The smallest absolute Gasteiger partial charge is 0.214 e. The highest BCUT2D eigenvalue weighted by atomic mass is 32.2. The zero-order chi connectivity index (χ0) is 15.2. The summed E-state index contributed by atoms with van der Waals surface area (Å²) < 4.78 is 25.6. The van der Waals surface area contributed by atoms with Gasteiger partial charge in [-0.05, 0) is 30.5 Å². The van der Waals surface area contributed by atoms with E-state index in [0.717, 1.165) is 11.3 Å². The van der Waals surface area contributed by atoms with E-state index in [1.54, 1.807) is 7.05 Å². The molecule has 6 heteroatoms. The molecule has 0 bridgehead atoms. The fourth-order valence-electron chi connectivity index (χ4n) is 1.60. The van der Waals surface area contributed by atoms with E-state index >= 15 is 0 Å². The van der Waals surface area contributed by atoms with Crippen molar-refractivity contribution in [1.82, 2.24) is 4.31 Å². The second-order valence-electron chi connectivity index (χ2n) is 5.24. The average molecular weight is 316 g/mol. The fourth-order valence-corrected chi connectivity index (χ4v) is 4.11. The first kappa shape index (κ1) is 17.3. The third-order valence-corrected chi connectivity index (χ3v) is 6.07. The first-order chi connectivity index (χ1) is 9.31. The van der Waals surface area contributed by atoms with Crippen molar-refractivity contribution in [3.8, 4) is 0 Å². The van der Waals surface area contributed by atoms with Gasteiger partial charge in [-0.25, -0.2) is 12.7 Å². The van der Waals surface area contributed by atoms with Gasteiger partial charge in [0.15, 0.2) is 0 Å². The Morgan fingerprint density at radius 2 is 2.05 bits per heavy atom. The average Bonchev–Trinajstić information content (AvgIpc) is 2.35. The normalized spacial score (nSPS) is 12.2. The van der Waals surface area contributed by atoms with Gasteiger partial charge in [-0.15, -0.1) is 11.8 Å². The van der Waals surface area contributed by atoms with Crippen LogP contribution in [-0.2, 0) is 10.0 Å². The molecule has 114 valence electrons. The maximum atomic E-state index is 12.1. The van der Waals surface area contributed by atoms with Crippen molar-refractivity contribution in [2.24, 2.45) is 5.92 Å². The summed E-state index contributed by atoms with van der Waals surface area (Å²) in [6, 6.07) is 7.50. The van der Waals surface area contributed by atoms with Gasteiger partial charge in [-0.3, -0.25) is 0 Å². The van der Waals surface area contributed by atoms with Gasteiger partial charge in [0.25, 0.3) is 0 Å². The Morgan fingerprint density at radius 1 is 1.35 bits per heavy atom. The summed E-state index contributed by atoms with van der Waals surface area (Å²) in [5.74, 6) is 1.20. The van der Waals surface area contributed by atoms with Crippen LogP contribution in [0.15, 0.2) is 29.2 Å². The monoisotopic (exact) mass is 316 g/mol. The van der Waals surface area contributed by atoms with Gasteiger partial charge in [0.2, 0.25) is 10.0 Å². The van der Waals surface area contributed by atoms with Crippen LogP contribution in [0.4, 0.5) is 5.69 Å². The highest BCUT2D eigenvalue weighted by molar-refractivity contribution is 8.00. The number of sulfonamides is 1. The van der Waals surface area contributed by atoms with Crippen molar-refractivity contribution >= 4 is 27.5 Å². The highest BCUT2D eigenvalue weighted by Crippen LogP contribution is 2.20. The number of thioether (sulfide) groups is 1. The van der Waals surface area contributed by atoms with Gasteiger partial charge >= 0.3 is 0 Å². The van der Waals surface area contributed by atoms with Crippen LogP contribution in [-0.4, -0.2) is 37.8 Å². The molecule has 0 amide bonds. The molecule has 1 rings (SSSR count). The topological polar surface area (TPSA) is 63.4 Å². The van der Waals surface area contributed by atoms with E-state index in [0.29, 0.717) is 23.9 Å². The summed E-state index contributed by atoms with van der Waals surface area (Å²) in [6.45, 7) is 4.77. The van der Waals surface area contributed by atoms with Gasteiger partial charge in [0.05, 0.1) is 5.75 Å². The second-order valence-corrected chi connectivity index (χ2v) is 8.60. The molecular weight excluding hydrogens is 292 g/mol. The van der Waals surface area contributed by atoms with E-state index in [-0.39, 0.29) is 5.75 Å². The molecular formula is C14H24N2O2S2. The molecule has 1 aromatic rings. The van der Waals surface area contributed by atoms with Crippen LogP contribution in [0, 0.1) is 5.92 Å². The van der Waals surface area contributed by atoms with Crippen molar-refractivity contribution in [1.29, 1.82) is 0 Å². The molecule has 0 aliphatic carbocycles. The van der Waals surface area contributed by atoms with Crippen molar-refractivity contribution in [3.63, 3.8) is 0 Å². The van der Waals surface area contributed by atoms with Crippen molar-refractivity contribution < 1.29 is 8.42 Å². The molecule has 4 nitrogen and oxygen atoms in total. The molecule has 0 radical (unpaired) electrons. The zero-order valence-corrected chi connectivity index (χ0v) is 14.0. The van der Waals surface area contributed by atoms with Crippen molar-refractivity contribution in [2.45, 2.75) is 25.2 Å². The molecule has 0 unspecified atom stereocenters. The van der Waals surface area contributed by atoms with E-state index in [1.165, 1.54) is 16.1 Å². The predicted octanol–water partition coefficient (Wildman–Crippen LogP) is 2.67. The van der Waals surface area contributed by atoms with Gasteiger partial charge in [-0.1, -0.05) is 19.9 Å². The van der Waals surface area contributed by atoms with E-state index in [9.17, 15) is 8.42 Å². The Morgan fingerprint density at radius 3 is 2.65 bits per heavy atom. The highest BCUT2D eigenvalue weighted by Gasteiger charge is 2.17. The van der Waals surface area contributed by atoms with Gasteiger partial charge in [-0.2, -0.15) is 0 Å². The maximum Gasteiger partial charge on any atom is 0.214 e. The third kappa shape index (κ3) is 6.15. The summed E-state index contributed by atoms with van der Waals surface area (Å²) in [4.78, 5) is 1.00. The minimum atomic E-state index is -3.15. The van der Waals surface area contributed by atoms with Gasteiger partial charge in [0.1, 0.15) is 0 Å². The van der Waals surface area contributed by atoms with Crippen LogP contribution >= 0.6 is 11.8 Å². The molecule has 0 aliphatic heterocycles. The summed E-state index contributed by atoms with van der Waals surface area (Å²) in [5, 5.41) is 0. The number of anilines is 1. The lowest BCUT2D eigenvalue weighted by molar-refractivity contribution is 0.429. The molecule has 0 aromatic heterocycles. The number of nitrogens with zero attached hydrogens (tertiary/aromatic N) is 1. The van der Waals surface area contributed by atoms with Crippen LogP contribution in [0.2, 0.25) is 0 Å². The summed E-state index contributed by atoms with van der Waals surface area (Å²) in [6.07, 6.45) is 0.887. The molecule has 0 fully saturated rings. The minimum Gasteiger partial charge on any atom is -0.399 e. The number of nitrogens with two attached hydrogens (primary N) is 1. The molecule has 0 spiro atoms. The Balaban J connectivity index is 2.43. The molecule has 0 saturated carbocycles. The second kappa shape index (κ2) is 7.90. The van der Waals surface area contributed by atoms with Crippen LogP contribution in [0.5, 0.6) is 0 Å². The Labute approximate surface area is 126 Å². The van der Waals surface area contributed by atoms with Gasteiger partial charge < -0.3 is 5.73 Å². The largest absolute Gasteiger partial charge is 0.399 e. The Hall–Kier alpha value is -0.720. The summed E-state index contributed by atoms with van der Waals surface area (Å²) >= 11 is 1.52. The molecule has 0 heterocycles. The number of nitrogen functional groups attached to an aromatic ring is 1. The summed E-state index contributed by atoms with van der Waals surface area (Å²) in [5.41, 5.74) is 6.39. The standard InChI is InChI=1S/C14H24N2O2S2/c1-12(2)7-8-16(3)20(17,18)10-9-19-14-6-4-5-13(15)11-14/h4-6,11-12H,7-10,15H2,1-3H3. The lowest BCUT2D eigenvalue weighted by atomic mass is 10.1. The SMILES string of the molecule is CC(C)CCN(C)S(=O)(=O)CCSc1cccc(N)c1. The third-order valence-electron chi connectivity index (χ3n) is 2.96. The molecule has 0 aliphatic rings. The zero-order valence-electron chi connectivity index (χ0n) is 12.4. The Kier molecular flexibility index (Phi) is 6.85. The van der Waals surface area contributed by atoms with Gasteiger partial charge in [0, 0.05) is 29.9 Å². The molecule has 20 heavy (non-hydrogen) atoms. The number of benzene rings is 1. The first-order valence-electron chi connectivity index (χ1n) is 6.73. The van der Waals surface area contributed by atoms with E-state index in [1.807, 2.05) is 24.3 Å². The first-order valence-corrected chi connectivity index (χ1v) is 9.33. The fraction of sp³-hybridized carbons (Fsp3) is 0.571. The molecule has 0 atom stereocenters. The van der Waals surface area contributed by atoms with Crippen LogP contribution < -0.4 is 5.73 Å². The van der Waals surface area contributed by atoms with E-state index in [2.05, 4.69) is 13.8 Å².